The van der Waals surface area contributed by atoms with E-state index in [1.807, 2.05) is 0 Å². The number of amides is 2. The molecule has 1 atom stereocenters. The number of ether oxygens (including phenoxy) is 2. The van der Waals surface area contributed by atoms with Crippen molar-refractivity contribution in [2.75, 3.05) is 38.0 Å². The number of esters is 1. The van der Waals surface area contributed by atoms with Gasteiger partial charge in [0.25, 0.3) is 0 Å². The maximum Gasteiger partial charge on any atom is 0.338 e. The van der Waals surface area contributed by atoms with Crippen molar-refractivity contribution in [3.05, 3.63) is 71.2 Å². The van der Waals surface area contributed by atoms with Crippen LogP contribution in [0.25, 0.3) is 0 Å². The van der Waals surface area contributed by atoms with Gasteiger partial charge in [0.05, 0.1) is 23.9 Å². The summed E-state index contributed by atoms with van der Waals surface area (Å²) in [5, 5.41) is 8.74. The fourth-order valence-corrected chi connectivity index (χ4v) is 3.51. The van der Waals surface area contributed by atoms with E-state index < -0.39 is 23.9 Å². The van der Waals surface area contributed by atoms with Gasteiger partial charge in [0.15, 0.2) is 5.11 Å². The van der Waals surface area contributed by atoms with Crippen LogP contribution in [-0.2, 0) is 14.3 Å². The molecule has 0 radical (unpaired) electrons. The van der Waals surface area contributed by atoms with Gasteiger partial charge >= 0.3 is 12.0 Å². The number of rotatable bonds is 7. The normalized spacial score (nSPS) is 15.7. The second-order valence-electron chi connectivity index (χ2n) is 7.25. The zero-order valence-corrected chi connectivity index (χ0v) is 19.3. The number of nitrogens with one attached hydrogen (secondary N) is 3. The van der Waals surface area contributed by atoms with Crippen LogP contribution in [-0.4, -0.2) is 49.4 Å². The highest BCUT2D eigenvalue weighted by Crippen LogP contribution is 2.31. The quantitative estimate of drug-likeness (QED) is 0.321. The number of benzene rings is 2. The Morgan fingerprint density at radius 2 is 1.82 bits per heavy atom. The lowest BCUT2D eigenvalue weighted by Crippen LogP contribution is -2.46. The highest BCUT2D eigenvalue weighted by atomic mass is 32.1. The van der Waals surface area contributed by atoms with Crippen LogP contribution in [0.2, 0.25) is 0 Å². The molecule has 0 spiro atoms. The molecule has 3 rings (SSSR count). The third-order valence-electron chi connectivity index (χ3n) is 5.12. The van der Waals surface area contributed by atoms with E-state index in [4.69, 9.17) is 21.7 Å². The van der Waals surface area contributed by atoms with Crippen LogP contribution in [0.15, 0.2) is 59.8 Å². The highest BCUT2D eigenvalue weighted by molar-refractivity contribution is 7.80. The zero-order valence-electron chi connectivity index (χ0n) is 18.5. The smallest absolute Gasteiger partial charge is 0.338 e. The summed E-state index contributed by atoms with van der Waals surface area (Å²) in [7, 11) is 3.30. The number of para-hydroxylation sites is 1. The van der Waals surface area contributed by atoms with Crippen LogP contribution in [0.1, 0.15) is 18.5 Å². The molecule has 0 saturated carbocycles. The van der Waals surface area contributed by atoms with Crippen LogP contribution < -0.4 is 16.0 Å². The number of anilines is 2. The molecule has 2 amide bonds. The van der Waals surface area contributed by atoms with Crippen molar-refractivity contribution in [3.63, 3.8) is 0 Å². The lowest BCUT2D eigenvalue weighted by atomic mass is 9.95. The van der Waals surface area contributed by atoms with Crippen LogP contribution >= 0.6 is 12.2 Å². The van der Waals surface area contributed by atoms with Crippen molar-refractivity contribution in [3.8, 4) is 0 Å². The number of carbonyl (C=O) groups excluding carboxylic acids is 2. The van der Waals surface area contributed by atoms with Crippen molar-refractivity contribution < 1.29 is 23.5 Å². The third kappa shape index (κ3) is 5.85. The Morgan fingerprint density at radius 1 is 1.12 bits per heavy atom. The van der Waals surface area contributed by atoms with E-state index in [-0.39, 0.29) is 12.3 Å². The van der Waals surface area contributed by atoms with Crippen LogP contribution in [0.4, 0.5) is 20.6 Å². The van der Waals surface area contributed by atoms with E-state index in [0.29, 0.717) is 28.7 Å². The predicted octanol–water partition coefficient (Wildman–Crippen LogP) is 3.79. The van der Waals surface area contributed by atoms with E-state index in [1.54, 1.807) is 49.2 Å². The molecule has 2 aromatic carbocycles. The molecule has 0 bridgehead atoms. The molecule has 1 unspecified atom stereocenters. The number of allylic oxidation sites excluding steroid dienone is 1. The molecule has 0 fully saturated rings. The van der Waals surface area contributed by atoms with Gasteiger partial charge in [-0.15, -0.1) is 0 Å². The number of urea groups is 1. The molecule has 1 aliphatic rings. The molecule has 0 saturated heterocycles. The van der Waals surface area contributed by atoms with Crippen molar-refractivity contribution >= 4 is 40.7 Å². The van der Waals surface area contributed by atoms with Gasteiger partial charge in [-0.05, 0) is 49.0 Å². The van der Waals surface area contributed by atoms with Gasteiger partial charge in [-0.25, -0.2) is 14.0 Å². The Labute approximate surface area is 196 Å². The molecule has 174 valence electrons. The van der Waals surface area contributed by atoms with E-state index in [9.17, 15) is 14.0 Å². The first kappa shape index (κ1) is 24.1. The molecule has 10 heteroatoms. The van der Waals surface area contributed by atoms with Gasteiger partial charge in [0.1, 0.15) is 12.4 Å². The monoisotopic (exact) mass is 472 g/mol. The topological polar surface area (TPSA) is 91.9 Å². The number of carbonyl (C=O) groups is 2. The fourth-order valence-electron chi connectivity index (χ4n) is 3.25. The second kappa shape index (κ2) is 10.9. The fraction of sp³-hybridized carbons (Fsp3) is 0.261. The van der Waals surface area contributed by atoms with Gasteiger partial charge in [0, 0.05) is 25.5 Å². The lowest BCUT2D eigenvalue weighted by Gasteiger charge is -2.35. The number of thiocarbonyl (C=S) groups is 1. The largest absolute Gasteiger partial charge is 0.460 e. The Kier molecular flexibility index (Phi) is 7.96. The molecule has 0 aromatic heterocycles. The zero-order chi connectivity index (χ0) is 24.0. The molecule has 33 heavy (non-hydrogen) atoms. The second-order valence-corrected chi connectivity index (χ2v) is 7.64. The summed E-state index contributed by atoms with van der Waals surface area (Å²) < 4.78 is 24.0. The molecule has 8 nitrogen and oxygen atoms in total. The summed E-state index contributed by atoms with van der Waals surface area (Å²) in [6.45, 7) is 2.22. The van der Waals surface area contributed by atoms with Crippen molar-refractivity contribution in [2.24, 2.45) is 0 Å². The number of hydrogen-bond acceptors (Lipinski definition) is 5. The van der Waals surface area contributed by atoms with Gasteiger partial charge in [-0.2, -0.15) is 0 Å². The Hall–Kier alpha value is -3.50. The maximum atomic E-state index is 13.7. The Bertz CT molecular complexity index is 1070. The highest BCUT2D eigenvalue weighted by Gasteiger charge is 2.33. The van der Waals surface area contributed by atoms with Crippen molar-refractivity contribution in [1.29, 1.82) is 0 Å². The molecule has 0 aliphatic carbocycles. The minimum absolute atomic E-state index is 0.0768. The van der Waals surface area contributed by atoms with Crippen molar-refractivity contribution in [1.82, 2.24) is 10.2 Å². The third-order valence-corrected chi connectivity index (χ3v) is 5.51. The van der Waals surface area contributed by atoms with Gasteiger partial charge in [-0.3, -0.25) is 0 Å². The molecule has 2 aromatic rings. The molecule has 3 N–H and O–H groups in total. The van der Waals surface area contributed by atoms with Crippen LogP contribution in [0, 0.1) is 5.82 Å². The number of nitrogens with zero attached hydrogens (tertiary/aromatic N) is 1. The number of hydrogen-bond donors (Lipinski definition) is 3. The van der Waals surface area contributed by atoms with E-state index in [0.717, 1.165) is 5.56 Å². The standard InChI is InChI=1S/C23H25FN4O4S/c1-14-19(21(29)32-13-12-31-3)20(27-23(33)28(14)2)15-8-10-16(11-9-15)25-22(30)26-18-7-5-4-6-17(18)24/h4-11,20H,12-13H2,1-3H3,(H,27,33)(H2,25,26,30). The van der Waals surface area contributed by atoms with E-state index >= 15 is 0 Å². The summed E-state index contributed by atoms with van der Waals surface area (Å²) in [4.78, 5) is 26.7. The van der Waals surface area contributed by atoms with Crippen molar-refractivity contribution in [2.45, 2.75) is 13.0 Å². The predicted molar refractivity (Wildman–Crippen MR) is 127 cm³/mol. The summed E-state index contributed by atoms with van der Waals surface area (Å²) in [6.07, 6.45) is 0. The molecular formula is C23H25FN4O4S. The van der Waals surface area contributed by atoms with Crippen LogP contribution in [0.5, 0.6) is 0 Å². The van der Waals surface area contributed by atoms with E-state index in [1.165, 1.54) is 25.3 Å². The summed E-state index contributed by atoms with van der Waals surface area (Å²) in [5.41, 5.74) is 2.43. The summed E-state index contributed by atoms with van der Waals surface area (Å²) >= 11 is 5.40. The molecule has 1 heterocycles. The first-order valence-corrected chi connectivity index (χ1v) is 10.6. The first-order chi connectivity index (χ1) is 15.8. The minimum Gasteiger partial charge on any atom is -0.460 e. The summed E-state index contributed by atoms with van der Waals surface area (Å²) in [5.74, 6) is -0.998. The number of methoxy groups -OCH3 is 1. The van der Waals surface area contributed by atoms with Gasteiger partial charge in [0.2, 0.25) is 0 Å². The molecule has 1 aliphatic heterocycles. The summed E-state index contributed by atoms with van der Waals surface area (Å²) in [6, 6.07) is 11.7. The van der Waals surface area contributed by atoms with Gasteiger partial charge in [-0.1, -0.05) is 24.3 Å². The number of halogens is 1. The Morgan fingerprint density at radius 3 is 2.48 bits per heavy atom. The van der Waals surface area contributed by atoms with Gasteiger partial charge < -0.3 is 30.3 Å². The average molecular weight is 473 g/mol. The minimum atomic E-state index is -0.579. The van der Waals surface area contributed by atoms with E-state index in [2.05, 4.69) is 16.0 Å². The SMILES string of the molecule is COCCOC(=O)C1=C(C)N(C)C(=S)NC1c1ccc(NC(=O)Nc2ccccc2F)cc1. The lowest BCUT2D eigenvalue weighted by molar-refractivity contribution is -0.140. The first-order valence-electron chi connectivity index (χ1n) is 10.2. The Balaban J connectivity index is 1.76. The van der Waals surface area contributed by atoms with Crippen LogP contribution in [0.3, 0.4) is 0 Å². The molecular weight excluding hydrogens is 447 g/mol. The maximum absolute atomic E-state index is 13.7. The average Bonchev–Trinajstić information content (AvgIpc) is 2.79.